The Kier molecular flexibility index (Phi) is 5.37. The van der Waals surface area contributed by atoms with E-state index >= 15 is 0 Å². The van der Waals surface area contributed by atoms with Crippen LogP contribution in [0.3, 0.4) is 0 Å². The maximum atomic E-state index is 2.47. The van der Waals surface area contributed by atoms with Gasteiger partial charge in [-0.25, -0.2) is 0 Å². The largest absolute Gasteiger partial charge is 0.309 e. The Morgan fingerprint density at radius 2 is 1.24 bits per heavy atom. The summed E-state index contributed by atoms with van der Waals surface area (Å²) in [6.07, 6.45) is 0. The molecule has 0 spiro atoms. The van der Waals surface area contributed by atoms with Gasteiger partial charge in [0.05, 0.1) is 11.4 Å². The third kappa shape index (κ3) is 3.47. The topological polar surface area (TPSA) is 3.24 Å². The molecular formula is C37H29N. The van der Waals surface area contributed by atoms with Gasteiger partial charge >= 0.3 is 0 Å². The zero-order chi connectivity index (χ0) is 25.6. The van der Waals surface area contributed by atoms with Gasteiger partial charge in [-0.2, -0.15) is 0 Å². The lowest BCUT2D eigenvalue weighted by Crippen LogP contribution is -2.15. The van der Waals surface area contributed by atoms with Gasteiger partial charge in [-0.1, -0.05) is 109 Å². The predicted molar refractivity (Wildman–Crippen MR) is 161 cm³/mol. The third-order valence-corrected chi connectivity index (χ3v) is 8.01. The van der Waals surface area contributed by atoms with E-state index in [1.54, 1.807) is 0 Å². The maximum Gasteiger partial charge on any atom is 0.0540 e. The van der Waals surface area contributed by atoms with Gasteiger partial charge in [-0.3, -0.25) is 0 Å². The molecule has 0 N–H and O–H groups in total. The molecule has 0 saturated carbocycles. The van der Waals surface area contributed by atoms with Crippen LogP contribution in [0.15, 0.2) is 133 Å². The minimum Gasteiger partial charge on any atom is -0.309 e. The van der Waals surface area contributed by atoms with Gasteiger partial charge in [0.1, 0.15) is 0 Å². The fraction of sp³-hybridized carbons (Fsp3) is 0.0811. The van der Waals surface area contributed by atoms with E-state index in [0.29, 0.717) is 0 Å². The molecular weight excluding hydrogens is 458 g/mol. The number of hydrogen-bond donors (Lipinski definition) is 0. The van der Waals surface area contributed by atoms with Crippen molar-refractivity contribution in [3.63, 3.8) is 0 Å². The van der Waals surface area contributed by atoms with E-state index in [4.69, 9.17) is 0 Å². The highest BCUT2D eigenvalue weighted by atomic mass is 15.1. The van der Waals surface area contributed by atoms with Gasteiger partial charge in [-0.05, 0) is 82.4 Å². The summed E-state index contributed by atoms with van der Waals surface area (Å²) < 4.78 is 0. The second-order valence-electron chi connectivity index (χ2n) is 10.2. The fourth-order valence-corrected chi connectivity index (χ4v) is 6.44. The van der Waals surface area contributed by atoms with Crippen molar-refractivity contribution in [2.24, 2.45) is 0 Å². The number of para-hydroxylation sites is 1. The van der Waals surface area contributed by atoms with Crippen LogP contribution in [0.2, 0.25) is 0 Å². The first-order valence-corrected chi connectivity index (χ1v) is 13.3. The molecule has 0 aromatic heterocycles. The van der Waals surface area contributed by atoms with Crippen LogP contribution in [-0.2, 0) is 0 Å². The molecule has 0 amide bonds. The van der Waals surface area contributed by atoms with E-state index in [2.05, 4.69) is 152 Å². The lowest BCUT2D eigenvalue weighted by Gasteiger charge is -2.31. The zero-order valence-electron chi connectivity index (χ0n) is 21.7. The van der Waals surface area contributed by atoms with Crippen molar-refractivity contribution in [2.75, 3.05) is 4.90 Å². The van der Waals surface area contributed by atoms with Gasteiger partial charge in [0.2, 0.25) is 0 Å². The van der Waals surface area contributed by atoms with Crippen LogP contribution in [0.1, 0.15) is 33.7 Å². The standard InChI is InChI=1S/C37H29N/c1-25-24-33-31-21-11-12-22-32(31)36(28-15-5-3-6-16-28)35(33)26(2)37(25)38(29-18-7-4-8-19-29)34-23-13-17-27-14-9-10-20-30(27)34/h3-24,36H,1-2H3. The Balaban J connectivity index is 1.54. The van der Waals surface area contributed by atoms with Crippen LogP contribution in [-0.4, -0.2) is 0 Å². The van der Waals surface area contributed by atoms with Crippen molar-refractivity contribution in [3.8, 4) is 11.1 Å². The molecule has 6 aromatic carbocycles. The average Bonchev–Trinajstić information content (AvgIpc) is 3.30. The summed E-state index contributed by atoms with van der Waals surface area (Å²) in [5, 5.41) is 2.50. The Morgan fingerprint density at radius 1 is 0.579 bits per heavy atom. The number of nitrogens with zero attached hydrogens (tertiary/aromatic N) is 1. The highest BCUT2D eigenvalue weighted by molar-refractivity contribution is 6.00. The number of anilines is 3. The minimum absolute atomic E-state index is 0.215. The molecule has 0 bridgehead atoms. The second-order valence-corrected chi connectivity index (χ2v) is 10.2. The molecule has 0 heterocycles. The summed E-state index contributed by atoms with van der Waals surface area (Å²) in [7, 11) is 0. The Hall–Kier alpha value is -4.62. The molecule has 0 fully saturated rings. The Labute approximate surface area is 224 Å². The lowest BCUT2D eigenvalue weighted by atomic mass is 9.85. The summed E-state index contributed by atoms with van der Waals surface area (Å²) in [4.78, 5) is 2.47. The summed E-state index contributed by atoms with van der Waals surface area (Å²) in [6.45, 7) is 4.59. The van der Waals surface area contributed by atoms with Crippen LogP contribution in [0.5, 0.6) is 0 Å². The molecule has 1 aliphatic carbocycles. The number of aryl methyl sites for hydroxylation is 1. The average molecular weight is 488 g/mol. The number of rotatable bonds is 4. The van der Waals surface area contributed by atoms with Gasteiger partial charge in [0.15, 0.2) is 0 Å². The normalized spacial score (nSPS) is 13.8. The molecule has 1 atom stereocenters. The third-order valence-electron chi connectivity index (χ3n) is 8.01. The summed E-state index contributed by atoms with van der Waals surface area (Å²) in [5.41, 5.74) is 13.1. The van der Waals surface area contributed by atoms with Crippen LogP contribution >= 0.6 is 0 Å². The van der Waals surface area contributed by atoms with Crippen molar-refractivity contribution in [2.45, 2.75) is 19.8 Å². The molecule has 0 radical (unpaired) electrons. The van der Waals surface area contributed by atoms with E-state index in [-0.39, 0.29) is 5.92 Å². The number of hydrogen-bond acceptors (Lipinski definition) is 1. The highest BCUT2D eigenvalue weighted by Crippen LogP contribution is 2.53. The summed E-state index contributed by atoms with van der Waals surface area (Å²) in [5.74, 6) is 0.215. The lowest BCUT2D eigenvalue weighted by molar-refractivity contribution is 0.995. The zero-order valence-corrected chi connectivity index (χ0v) is 21.7. The van der Waals surface area contributed by atoms with Gasteiger partial charge in [0.25, 0.3) is 0 Å². The molecule has 182 valence electrons. The van der Waals surface area contributed by atoms with Crippen molar-refractivity contribution in [3.05, 3.63) is 161 Å². The quantitative estimate of drug-likeness (QED) is 0.239. The van der Waals surface area contributed by atoms with Crippen LogP contribution in [0, 0.1) is 13.8 Å². The molecule has 1 heteroatoms. The first-order valence-electron chi connectivity index (χ1n) is 13.3. The molecule has 1 nitrogen and oxygen atoms in total. The van der Waals surface area contributed by atoms with E-state index < -0.39 is 0 Å². The first kappa shape index (κ1) is 22.6. The van der Waals surface area contributed by atoms with E-state index in [1.807, 2.05) is 0 Å². The van der Waals surface area contributed by atoms with Crippen LogP contribution in [0.25, 0.3) is 21.9 Å². The highest BCUT2D eigenvalue weighted by Gasteiger charge is 2.34. The fourth-order valence-electron chi connectivity index (χ4n) is 6.44. The molecule has 7 rings (SSSR count). The van der Waals surface area contributed by atoms with Crippen molar-refractivity contribution in [1.82, 2.24) is 0 Å². The van der Waals surface area contributed by atoms with E-state index in [9.17, 15) is 0 Å². The summed E-state index contributed by atoms with van der Waals surface area (Å²) in [6, 6.07) is 48.5. The smallest absolute Gasteiger partial charge is 0.0540 e. The molecule has 0 aliphatic heterocycles. The SMILES string of the molecule is Cc1cc2c(c(C)c1N(c1ccccc1)c1cccc3ccccc13)C(c1ccccc1)c1ccccc1-2. The van der Waals surface area contributed by atoms with E-state index in [0.717, 1.165) is 0 Å². The molecule has 38 heavy (non-hydrogen) atoms. The van der Waals surface area contributed by atoms with Gasteiger partial charge < -0.3 is 4.90 Å². The van der Waals surface area contributed by atoms with Crippen molar-refractivity contribution in [1.29, 1.82) is 0 Å². The monoisotopic (exact) mass is 487 g/mol. The molecule has 1 unspecified atom stereocenters. The van der Waals surface area contributed by atoms with Crippen LogP contribution < -0.4 is 4.90 Å². The molecule has 0 saturated heterocycles. The van der Waals surface area contributed by atoms with Crippen molar-refractivity contribution < 1.29 is 0 Å². The maximum absolute atomic E-state index is 2.47. The predicted octanol–water partition coefficient (Wildman–Crippen LogP) is 10.1. The van der Waals surface area contributed by atoms with E-state index in [1.165, 1.54) is 66.8 Å². The van der Waals surface area contributed by atoms with Crippen LogP contribution in [0.4, 0.5) is 17.1 Å². The molecule has 1 aliphatic rings. The second kappa shape index (κ2) is 9.04. The molecule has 6 aromatic rings. The number of fused-ring (bicyclic) bond motifs is 4. The van der Waals surface area contributed by atoms with Crippen molar-refractivity contribution >= 4 is 27.8 Å². The van der Waals surface area contributed by atoms with Gasteiger partial charge in [-0.15, -0.1) is 0 Å². The Morgan fingerprint density at radius 3 is 2.05 bits per heavy atom. The summed E-state index contributed by atoms with van der Waals surface area (Å²) >= 11 is 0. The number of benzene rings is 6. The first-order chi connectivity index (χ1) is 18.7. The minimum atomic E-state index is 0.215. The van der Waals surface area contributed by atoms with Gasteiger partial charge in [0, 0.05) is 17.0 Å². The Bertz CT molecular complexity index is 1780.